The van der Waals surface area contributed by atoms with Crippen LogP contribution in [0.4, 0.5) is 5.00 Å². The number of carbonyl (C=O) groups excluding carboxylic acids is 1. The van der Waals surface area contributed by atoms with E-state index in [0.29, 0.717) is 13.0 Å². The van der Waals surface area contributed by atoms with Gasteiger partial charge in [-0.1, -0.05) is 17.8 Å². The summed E-state index contributed by atoms with van der Waals surface area (Å²) in [7, 11) is 0. The molecule has 0 spiro atoms. The number of aliphatic carboxylic acids is 1. The molecule has 0 bridgehead atoms. The molecule has 8 heteroatoms. The monoisotopic (exact) mass is 298 g/mol. The number of carbonyl (C=O) groups is 2. The summed E-state index contributed by atoms with van der Waals surface area (Å²) < 4.78 is 0. The number of carboxylic acids is 1. The number of hydrogen-bond acceptors (Lipinski definition) is 5. The number of rotatable bonds is 5. The molecule has 0 saturated heterocycles. The van der Waals surface area contributed by atoms with Crippen LogP contribution in [0.3, 0.4) is 0 Å². The molecule has 1 aromatic rings. The third-order valence-electron chi connectivity index (χ3n) is 3.53. The molecule has 2 unspecified atom stereocenters. The predicted molar refractivity (Wildman–Crippen MR) is 71.8 cm³/mol. The molecular formula is C12H14N2O5S. The maximum atomic E-state index is 11.8. The van der Waals surface area contributed by atoms with Crippen molar-refractivity contribution in [1.29, 1.82) is 0 Å². The molecule has 1 aromatic heterocycles. The number of thiophene rings is 1. The van der Waals surface area contributed by atoms with E-state index in [2.05, 4.69) is 5.32 Å². The Bertz CT molecular complexity index is 542. The van der Waals surface area contributed by atoms with Crippen LogP contribution >= 0.6 is 11.3 Å². The number of nitrogens with one attached hydrogen (secondary N) is 1. The van der Waals surface area contributed by atoms with Crippen LogP contribution in [0.25, 0.3) is 0 Å². The summed E-state index contributed by atoms with van der Waals surface area (Å²) in [5.41, 5.74) is 0.242. The summed E-state index contributed by atoms with van der Waals surface area (Å²) in [5.74, 6) is -1.70. The fourth-order valence-electron chi connectivity index (χ4n) is 2.47. The van der Waals surface area contributed by atoms with Crippen molar-refractivity contribution in [2.45, 2.75) is 19.3 Å². The molecule has 108 valence electrons. The molecule has 0 aromatic carbocycles. The van der Waals surface area contributed by atoms with Crippen LogP contribution in [-0.2, 0) is 4.79 Å². The molecule has 2 rings (SSSR count). The van der Waals surface area contributed by atoms with Crippen LogP contribution < -0.4 is 5.32 Å². The zero-order valence-electron chi connectivity index (χ0n) is 10.6. The molecule has 1 aliphatic carbocycles. The minimum Gasteiger partial charge on any atom is -0.481 e. The average Bonchev–Trinajstić information content (AvgIpc) is 3.04. The van der Waals surface area contributed by atoms with Crippen molar-refractivity contribution < 1.29 is 19.6 Å². The lowest BCUT2D eigenvalue weighted by Crippen LogP contribution is -2.32. The lowest BCUT2D eigenvalue weighted by molar-refractivity contribution is -0.380. The molecule has 7 nitrogen and oxygen atoms in total. The van der Waals surface area contributed by atoms with E-state index in [1.54, 1.807) is 0 Å². The van der Waals surface area contributed by atoms with Crippen molar-refractivity contribution in [3.8, 4) is 0 Å². The molecule has 0 radical (unpaired) electrons. The molecule has 1 heterocycles. The Morgan fingerprint density at radius 3 is 2.85 bits per heavy atom. The first-order valence-electron chi connectivity index (χ1n) is 6.23. The lowest BCUT2D eigenvalue weighted by atomic mass is 9.96. The van der Waals surface area contributed by atoms with Crippen LogP contribution in [0.15, 0.2) is 11.4 Å². The van der Waals surface area contributed by atoms with Crippen LogP contribution in [0, 0.1) is 22.0 Å². The number of carboxylic acid groups (broad SMARTS) is 1. The number of amides is 1. The normalized spacial score (nSPS) is 21.6. The van der Waals surface area contributed by atoms with Gasteiger partial charge in [0.2, 0.25) is 0 Å². The summed E-state index contributed by atoms with van der Waals surface area (Å²) in [6.07, 6.45) is 2.27. The van der Waals surface area contributed by atoms with Gasteiger partial charge in [-0.2, -0.15) is 0 Å². The first kappa shape index (κ1) is 14.4. The van der Waals surface area contributed by atoms with Crippen molar-refractivity contribution in [3.63, 3.8) is 0 Å². The van der Waals surface area contributed by atoms with Gasteiger partial charge in [0.1, 0.15) is 0 Å². The maximum absolute atomic E-state index is 11.8. The summed E-state index contributed by atoms with van der Waals surface area (Å²) in [5, 5.41) is 23.6. The first-order valence-corrected chi connectivity index (χ1v) is 7.11. The van der Waals surface area contributed by atoms with Gasteiger partial charge in [-0.25, -0.2) is 0 Å². The van der Waals surface area contributed by atoms with Crippen LogP contribution in [0.5, 0.6) is 0 Å². The minimum absolute atomic E-state index is 0.0647. The zero-order valence-corrected chi connectivity index (χ0v) is 11.4. The highest BCUT2D eigenvalue weighted by atomic mass is 32.1. The topological polar surface area (TPSA) is 110 Å². The van der Waals surface area contributed by atoms with Crippen molar-refractivity contribution >= 4 is 28.2 Å². The molecule has 20 heavy (non-hydrogen) atoms. The SMILES string of the molecule is O=C(NCC1CCCC1C(=O)O)c1csc([N+](=O)[O-])c1. The molecule has 1 saturated carbocycles. The van der Waals surface area contributed by atoms with Gasteiger partial charge < -0.3 is 10.4 Å². The second-order valence-electron chi connectivity index (χ2n) is 4.78. The Balaban J connectivity index is 1.91. The van der Waals surface area contributed by atoms with Crippen LogP contribution in [-0.4, -0.2) is 28.5 Å². The Hall–Kier alpha value is -1.96. The minimum atomic E-state index is -0.826. The molecule has 1 fully saturated rings. The fourth-order valence-corrected chi connectivity index (χ4v) is 3.18. The van der Waals surface area contributed by atoms with Crippen LogP contribution in [0.1, 0.15) is 29.6 Å². The molecule has 2 atom stereocenters. The summed E-state index contributed by atoms with van der Waals surface area (Å²) in [6, 6.07) is 1.23. The Morgan fingerprint density at radius 1 is 1.50 bits per heavy atom. The average molecular weight is 298 g/mol. The van der Waals surface area contributed by atoms with Gasteiger partial charge in [0, 0.05) is 18.0 Å². The second-order valence-corrected chi connectivity index (χ2v) is 5.67. The van der Waals surface area contributed by atoms with Gasteiger partial charge in [-0.3, -0.25) is 19.7 Å². The summed E-state index contributed by atoms with van der Waals surface area (Å²) >= 11 is 0.896. The Morgan fingerprint density at radius 2 is 2.25 bits per heavy atom. The fraction of sp³-hybridized carbons (Fsp3) is 0.500. The maximum Gasteiger partial charge on any atom is 0.324 e. The van der Waals surface area contributed by atoms with E-state index in [9.17, 15) is 19.7 Å². The van der Waals surface area contributed by atoms with E-state index >= 15 is 0 Å². The van der Waals surface area contributed by atoms with Crippen molar-refractivity contribution in [1.82, 2.24) is 5.32 Å². The highest BCUT2D eigenvalue weighted by Crippen LogP contribution is 2.31. The van der Waals surface area contributed by atoms with E-state index in [1.165, 1.54) is 11.4 Å². The van der Waals surface area contributed by atoms with E-state index in [1.807, 2.05) is 0 Å². The zero-order chi connectivity index (χ0) is 14.7. The largest absolute Gasteiger partial charge is 0.481 e. The standard InChI is InChI=1S/C12H14N2O5S/c15-11(8-4-10(14(18)19)20-6-8)13-5-7-2-1-3-9(7)12(16)17/h4,6-7,9H,1-3,5H2,(H,13,15)(H,16,17). The molecule has 1 aliphatic rings. The molecular weight excluding hydrogens is 284 g/mol. The Kier molecular flexibility index (Phi) is 4.33. The highest BCUT2D eigenvalue weighted by molar-refractivity contribution is 7.13. The second kappa shape index (κ2) is 6.00. The van der Waals surface area contributed by atoms with Crippen molar-refractivity contribution in [2.24, 2.45) is 11.8 Å². The van der Waals surface area contributed by atoms with Crippen LogP contribution in [0.2, 0.25) is 0 Å². The van der Waals surface area contributed by atoms with Gasteiger partial charge in [-0.05, 0) is 18.8 Å². The number of hydrogen-bond donors (Lipinski definition) is 2. The quantitative estimate of drug-likeness (QED) is 0.637. The Labute approximate surface area is 118 Å². The highest BCUT2D eigenvalue weighted by Gasteiger charge is 2.33. The van der Waals surface area contributed by atoms with Gasteiger partial charge in [0.05, 0.1) is 16.4 Å². The van der Waals surface area contributed by atoms with Gasteiger partial charge in [0.15, 0.2) is 0 Å². The molecule has 2 N–H and O–H groups in total. The first-order chi connectivity index (χ1) is 9.49. The van der Waals surface area contributed by atoms with Crippen molar-refractivity contribution in [2.75, 3.05) is 6.54 Å². The van der Waals surface area contributed by atoms with E-state index in [-0.39, 0.29) is 16.5 Å². The lowest BCUT2D eigenvalue weighted by Gasteiger charge is -2.15. The van der Waals surface area contributed by atoms with Gasteiger partial charge >= 0.3 is 11.0 Å². The molecule has 1 amide bonds. The third-order valence-corrected chi connectivity index (χ3v) is 4.41. The van der Waals surface area contributed by atoms with E-state index in [0.717, 1.165) is 24.2 Å². The van der Waals surface area contributed by atoms with E-state index < -0.39 is 22.7 Å². The number of nitrogens with zero attached hydrogens (tertiary/aromatic N) is 1. The van der Waals surface area contributed by atoms with Gasteiger partial charge in [-0.15, -0.1) is 0 Å². The smallest absolute Gasteiger partial charge is 0.324 e. The third kappa shape index (κ3) is 3.13. The van der Waals surface area contributed by atoms with Crippen molar-refractivity contribution in [3.05, 3.63) is 27.1 Å². The summed E-state index contributed by atoms with van der Waals surface area (Å²) in [4.78, 5) is 32.9. The molecule has 0 aliphatic heterocycles. The summed E-state index contributed by atoms with van der Waals surface area (Å²) in [6.45, 7) is 0.291. The van der Waals surface area contributed by atoms with Gasteiger partial charge in [0.25, 0.3) is 5.91 Å². The number of nitro groups is 1. The predicted octanol–water partition coefficient (Wildman–Crippen LogP) is 1.89. The van der Waals surface area contributed by atoms with E-state index in [4.69, 9.17) is 5.11 Å².